The van der Waals surface area contributed by atoms with E-state index < -0.39 is 0 Å². The van der Waals surface area contributed by atoms with Crippen LogP contribution in [0.2, 0.25) is 0 Å². The summed E-state index contributed by atoms with van der Waals surface area (Å²) in [6.45, 7) is 1.92. The molecular weight excluding hydrogens is 370 g/mol. The number of hydrogen-bond acceptors (Lipinski definition) is 5. The third-order valence-corrected chi connectivity index (χ3v) is 4.37. The summed E-state index contributed by atoms with van der Waals surface area (Å²) in [5.41, 5.74) is 2.52. The highest BCUT2D eigenvalue weighted by atomic mass is 16.2. The van der Waals surface area contributed by atoms with E-state index in [-0.39, 0.29) is 17.5 Å². The fraction of sp³-hybridized carbons (Fsp3) is 0.0909. The summed E-state index contributed by atoms with van der Waals surface area (Å²) in [4.78, 5) is 52.4. The molecule has 0 unspecified atom stereocenters. The topological polar surface area (TPSA) is 113 Å². The lowest BCUT2D eigenvalue weighted by atomic mass is 9.98. The molecule has 7 nitrogen and oxygen atoms in total. The first-order valence-corrected chi connectivity index (χ1v) is 8.90. The first kappa shape index (κ1) is 19.7. The molecule has 0 radical (unpaired) electrons. The van der Waals surface area contributed by atoms with Gasteiger partial charge < -0.3 is 9.97 Å². The number of aromatic nitrogens is 3. The smallest absolute Gasteiger partial charge is 0.336 e. The molecule has 2 aromatic carbocycles. The van der Waals surface area contributed by atoms with E-state index in [1.165, 1.54) is 0 Å². The summed E-state index contributed by atoms with van der Waals surface area (Å²) in [5, 5.41) is 0.410. The van der Waals surface area contributed by atoms with Crippen LogP contribution in [0.1, 0.15) is 28.8 Å². The van der Waals surface area contributed by atoms with E-state index in [9.17, 15) is 9.59 Å². The Morgan fingerprint density at radius 1 is 0.966 bits per heavy atom. The summed E-state index contributed by atoms with van der Waals surface area (Å²) in [7, 11) is 0. The number of nitrogens with zero attached hydrogens (tertiary/aromatic N) is 1. The van der Waals surface area contributed by atoms with Crippen molar-refractivity contribution in [3.05, 3.63) is 88.1 Å². The van der Waals surface area contributed by atoms with Gasteiger partial charge in [0.2, 0.25) is 5.78 Å². The Morgan fingerprint density at radius 3 is 2.14 bits per heavy atom. The van der Waals surface area contributed by atoms with Gasteiger partial charge in [-0.15, -0.1) is 0 Å². The fourth-order valence-electron chi connectivity index (χ4n) is 3.11. The molecule has 29 heavy (non-hydrogen) atoms. The van der Waals surface area contributed by atoms with E-state index in [1.54, 1.807) is 12.1 Å². The number of carbonyl (C=O) groups is 1. The van der Waals surface area contributed by atoms with Crippen molar-refractivity contribution in [1.82, 2.24) is 15.0 Å². The van der Waals surface area contributed by atoms with Gasteiger partial charge in [0, 0.05) is 17.5 Å². The summed E-state index contributed by atoms with van der Waals surface area (Å²) in [5.74, 6) is 0.418. The van der Waals surface area contributed by atoms with Crippen molar-refractivity contribution >= 4 is 23.0 Å². The van der Waals surface area contributed by atoms with Gasteiger partial charge in [-0.3, -0.25) is 9.59 Å². The standard InChI is InChI=1S/C21H17N3O2.CO2/c1-2-15-22-20-17(21(26)23-15)16(13-9-5-3-6-10-13)18(24-20)19(25)14-11-7-4-8-12-14;2-1-3/h3-12H,2H2,1H3,(H2,22,23,24,26);. The van der Waals surface area contributed by atoms with E-state index in [0.29, 0.717) is 40.1 Å². The van der Waals surface area contributed by atoms with Crippen LogP contribution in [0, 0.1) is 0 Å². The number of ketones is 1. The first-order valence-electron chi connectivity index (χ1n) is 8.90. The van der Waals surface area contributed by atoms with Gasteiger partial charge in [0.15, 0.2) is 0 Å². The number of fused-ring (bicyclic) bond motifs is 1. The second kappa shape index (κ2) is 8.73. The van der Waals surface area contributed by atoms with Gasteiger partial charge in [-0.1, -0.05) is 67.6 Å². The Bertz CT molecular complexity index is 1240. The van der Waals surface area contributed by atoms with E-state index in [2.05, 4.69) is 15.0 Å². The third-order valence-electron chi connectivity index (χ3n) is 4.37. The molecule has 0 aliphatic carbocycles. The molecule has 0 saturated carbocycles. The zero-order valence-electron chi connectivity index (χ0n) is 15.6. The van der Waals surface area contributed by atoms with E-state index in [4.69, 9.17) is 9.59 Å². The Balaban J connectivity index is 0.000000755. The Kier molecular flexibility index (Phi) is 5.92. The van der Waals surface area contributed by atoms with Crippen LogP contribution >= 0.6 is 0 Å². The Labute approximate surface area is 165 Å². The molecular formula is C22H17N3O4. The maximum Gasteiger partial charge on any atom is 0.373 e. The van der Waals surface area contributed by atoms with Gasteiger partial charge >= 0.3 is 6.15 Å². The van der Waals surface area contributed by atoms with Crippen LogP contribution in [0.5, 0.6) is 0 Å². The highest BCUT2D eigenvalue weighted by molar-refractivity contribution is 6.16. The fourth-order valence-corrected chi connectivity index (χ4v) is 3.11. The second-order valence-corrected chi connectivity index (χ2v) is 6.11. The van der Waals surface area contributed by atoms with Crippen LogP contribution in [0.15, 0.2) is 65.5 Å². The van der Waals surface area contributed by atoms with Gasteiger partial charge in [0.25, 0.3) is 5.56 Å². The molecule has 144 valence electrons. The molecule has 0 aliphatic heterocycles. The van der Waals surface area contributed by atoms with Crippen LogP contribution in [0.4, 0.5) is 0 Å². The molecule has 0 amide bonds. The average molecular weight is 387 g/mol. The molecule has 2 aromatic heterocycles. The van der Waals surface area contributed by atoms with E-state index >= 15 is 0 Å². The number of nitrogens with one attached hydrogen (secondary N) is 2. The molecule has 0 spiro atoms. The van der Waals surface area contributed by atoms with Gasteiger partial charge in [-0.25, -0.2) is 4.98 Å². The van der Waals surface area contributed by atoms with Crippen LogP contribution in [0.3, 0.4) is 0 Å². The van der Waals surface area contributed by atoms with E-state index in [1.807, 2.05) is 55.5 Å². The van der Waals surface area contributed by atoms with Crippen molar-refractivity contribution in [3.8, 4) is 11.1 Å². The predicted molar refractivity (Wildman–Crippen MR) is 106 cm³/mol. The number of benzene rings is 2. The summed E-state index contributed by atoms with van der Waals surface area (Å²) < 4.78 is 0. The van der Waals surface area contributed by atoms with Crippen LogP contribution in [-0.4, -0.2) is 26.9 Å². The highest BCUT2D eigenvalue weighted by Crippen LogP contribution is 2.31. The summed E-state index contributed by atoms with van der Waals surface area (Å²) in [6, 6.07) is 18.5. The third kappa shape index (κ3) is 3.95. The Hall–Kier alpha value is -4.09. The minimum atomic E-state index is -0.242. The second-order valence-electron chi connectivity index (χ2n) is 6.11. The monoisotopic (exact) mass is 387 g/mol. The van der Waals surface area contributed by atoms with Gasteiger partial charge in [0.1, 0.15) is 11.5 Å². The Morgan fingerprint density at radius 2 is 1.55 bits per heavy atom. The van der Waals surface area contributed by atoms with Crippen LogP contribution in [0.25, 0.3) is 22.2 Å². The van der Waals surface area contributed by atoms with Crippen molar-refractivity contribution in [2.45, 2.75) is 13.3 Å². The molecule has 0 aliphatic rings. The molecule has 0 saturated heterocycles. The number of hydrogen-bond donors (Lipinski definition) is 2. The van der Waals surface area contributed by atoms with E-state index in [0.717, 1.165) is 5.56 Å². The van der Waals surface area contributed by atoms with Crippen molar-refractivity contribution < 1.29 is 14.4 Å². The molecule has 0 atom stereocenters. The number of aryl methyl sites for hydroxylation is 1. The molecule has 2 heterocycles. The SMILES string of the molecule is CCc1nc2[nH]c(C(=O)c3ccccc3)c(-c3ccccc3)c2c(=O)[nH]1.O=C=O. The lowest BCUT2D eigenvalue weighted by Gasteiger charge is -2.04. The predicted octanol–water partition coefficient (Wildman–Crippen LogP) is 3.13. The zero-order valence-corrected chi connectivity index (χ0v) is 15.6. The largest absolute Gasteiger partial charge is 0.373 e. The summed E-state index contributed by atoms with van der Waals surface area (Å²) >= 11 is 0. The summed E-state index contributed by atoms with van der Waals surface area (Å²) in [6.07, 6.45) is 0.854. The molecule has 0 fully saturated rings. The minimum Gasteiger partial charge on any atom is -0.336 e. The number of aromatic amines is 2. The number of H-pyrrole nitrogens is 2. The molecule has 7 heteroatoms. The lowest BCUT2D eigenvalue weighted by molar-refractivity contribution is -0.191. The van der Waals surface area contributed by atoms with Gasteiger partial charge in [-0.05, 0) is 5.56 Å². The normalized spacial score (nSPS) is 10.1. The van der Waals surface area contributed by atoms with Crippen molar-refractivity contribution in [1.29, 1.82) is 0 Å². The number of rotatable bonds is 4. The maximum absolute atomic E-state index is 13.1. The van der Waals surface area contributed by atoms with Crippen molar-refractivity contribution in [2.75, 3.05) is 0 Å². The van der Waals surface area contributed by atoms with Crippen LogP contribution in [-0.2, 0) is 16.0 Å². The van der Waals surface area contributed by atoms with Crippen LogP contribution < -0.4 is 5.56 Å². The van der Waals surface area contributed by atoms with Gasteiger partial charge in [-0.2, -0.15) is 9.59 Å². The van der Waals surface area contributed by atoms with Crippen molar-refractivity contribution in [3.63, 3.8) is 0 Å². The molecule has 2 N–H and O–H groups in total. The van der Waals surface area contributed by atoms with Gasteiger partial charge in [0.05, 0.1) is 11.1 Å². The van der Waals surface area contributed by atoms with Crippen molar-refractivity contribution in [2.24, 2.45) is 0 Å². The molecule has 0 bridgehead atoms. The number of carbonyl (C=O) groups excluding carboxylic acids is 3. The maximum atomic E-state index is 13.1. The molecule has 4 rings (SSSR count). The average Bonchev–Trinajstić information content (AvgIpc) is 3.15. The highest BCUT2D eigenvalue weighted by Gasteiger charge is 2.23. The first-order chi connectivity index (χ1) is 14.1. The molecule has 4 aromatic rings. The zero-order chi connectivity index (χ0) is 20.8. The minimum absolute atomic E-state index is 0.167. The quantitative estimate of drug-likeness (QED) is 0.522. The lowest BCUT2D eigenvalue weighted by Crippen LogP contribution is -2.11.